The largest absolute Gasteiger partial charge is 0.493 e. The molecular weight excluding hydrogens is 338 g/mol. The number of nitrogens with one attached hydrogen (secondary N) is 1. The third-order valence-corrected chi connectivity index (χ3v) is 4.49. The Labute approximate surface area is 155 Å². The molecule has 5 heteroatoms. The quantitative estimate of drug-likeness (QED) is 0.794. The van der Waals surface area contributed by atoms with Gasteiger partial charge in [0, 0.05) is 12.6 Å². The molecule has 2 aromatic rings. The molecule has 2 atom stereocenters. The van der Waals surface area contributed by atoms with E-state index < -0.39 is 6.10 Å². The predicted molar refractivity (Wildman–Crippen MR) is 102 cm³/mol. The molecule has 0 saturated carbocycles. The van der Waals surface area contributed by atoms with Gasteiger partial charge < -0.3 is 19.9 Å². The number of halogens is 1. The van der Waals surface area contributed by atoms with Gasteiger partial charge in [0.15, 0.2) is 11.5 Å². The molecule has 0 saturated heterocycles. The van der Waals surface area contributed by atoms with Crippen LogP contribution in [0.5, 0.6) is 11.5 Å². The topological polar surface area (TPSA) is 50.7 Å². The van der Waals surface area contributed by atoms with Crippen LogP contribution in [0.25, 0.3) is 0 Å². The molecule has 0 heterocycles. The number of aliphatic hydroxyl groups excluding tert-OH is 1. The van der Waals surface area contributed by atoms with E-state index >= 15 is 0 Å². The van der Waals surface area contributed by atoms with Crippen LogP contribution < -0.4 is 14.8 Å². The van der Waals surface area contributed by atoms with Gasteiger partial charge in [-0.2, -0.15) is 0 Å². The molecule has 4 nitrogen and oxygen atoms in total. The zero-order valence-electron chi connectivity index (χ0n) is 14.5. The Hall–Kier alpha value is -1.75. The molecule has 2 N–H and O–H groups in total. The molecule has 0 aliphatic heterocycles. The van der Waals surface area contributed by atoms with Gasteiger partial charge in [-0.15, -0.1) is 12.4 Å². The minimum absolute atomic E-state index is 0. The highest BCUT2D eigenvalue weighted by molar-refractivity contribution is 5.85. The summed E-state index contributed by atoms with van der Waals surface area (Å²) in [6.07, 6.45) is 2.68. The Bertz CT molecular complexity index is 665. The standard InChI is InChI=1S/C20H25NO3.ClH/c1-23-19-8-4-5-9-20(19)24-14-18(22)13-21-17-11-10-15-6-2-3-7-16(15)12-17;/h2-9,17-18,21-22H,10-14H2,1H3;1H. The second kappa shape index (κ2) is 9.66. The van der Waals surface area contributed by atoms with E-state index in [4.69, 9.17) is 9.47 Å². The van der Waals surface area contributed by atoms with Crippen molar-refractivity contribution in [1.82, 2.24) is 5.32 Å². The molecule has 136 valence electrons. The van der Waals surface area contributed by atoms with Crippen molar-refractivity contribution in [3.05, 3.63) is 59.7 Å². The highest BCUT2D eigenvalue weighted by Gasteiger charge is 2.18. The fourth-order valence-electron chi connectivity index (χ4n) is 3.16. The molecule has 25 heavy (non-hydrogen) atoms. The first-order chi connectivity index (χ1) is 11.8. The molecule has 1 aliphatic rings. The van der Waals surface area contributed by atoms with Crippen LogP contribution in [-0.2, 0) is 12.8 Å². The SMILES string of the molecule is COc1ccccc1OCC(O)CNC1CCc2ccccc2C1.Cl. The Morgan fingerprint density at radius 3 is 2.52 bits per heavy atom. The Morgan fingerprint density at radius 2 is 1.76 bits per heavy atom. The van der Waals surface area contributed by atoms with Gasteiger partial charge in [0.1, 0.15) is 12.7 Å². The van der Waals surface area contributed by atoms with Crippen LogP contribution in [-0.4, -0.2) is 37.5 Å². The molecule has 3 rings (SSSR count). The number of fused-ring (bicyclic) bond motifs is 1. The molecule has 2 unspecified atom stereocenters. The van der Waals surface area contributed by atoms with Crippen LogP contribution in [0.3, 0.4) is 0 Å². The van der Waals surface area contributed by atoms with E-state index in [0.29, 0.717) is 24.1 Å². The van der Waals surface area contributed by atoms with Crippen LogP contribution in [0.1, 0.15) is 17.5 Å². The van der Waals surface area contributed by atoms with Crippen molar-refractivity contribution < 1.29 is 14.6 Å². The van der Waals surface area contributed by atoms with Crippen LogP contribution in [0.2, 0.25) is 0 Å². The van der Waals surface area contributed by atoms with Gasteiger partial charge >= 0.3 is 0 Å². The number of aliphatic hydroxyl groups is 1. The first-order valence-corrected chi connectivity index (χ1v) is 8.50. The van der Waals surface area contributed by atoms with Gasteiger partial charge in [0.2, 0.25) is 0 Å². The van der Waals surface area contributed by atoms with Crippen molar-refractivity contribution in [2.75, 3.05) is 20.3 Å². The van der Waals surface area contributed by atoms with Crippen molar-refractivity contribution >= 4 is 12.4 Å². The third-order valence-electron chi connectivity index (χ3n) is 4.49. The summed E-state index contributed by atoms with van der Waals surface area (Å²) in [7, 11) is 1.61. The van der Waals surface area contributed by atoms with Crippen molar-refractivity contribution in [3.63, 3.8) is 0 Å². The highest BCUT2D eigenvalue weighted by atomic mass is 35.5. The number of rotatable bonds is 7. The fraction of sp³-hybridized carbons (Fsp3) is 0.400. The lowest BCUT2D eigenvalue weighted by molar-refractivity contribution is 0.101. The summed E-state index contributed by atoms with van der Waals surface area (Å²) in [5.74, 6) is 1.34. The van der Waals surface area contributed by atoms with Crippen LogP contribution in [0.15, 0.2) is 48.5 Å². The minimum atomic E-state index is -0.549. The van der Waals surface area contributed by atoms with Gasteiger partial charge in [-0.25, -0.2) is 0 Å². The van der Waals surface area contributed by atoms with Gasteiger partial charge in [-0.3, -0.25) is 0 Å². The Balaban J connectivity index is 0.00000225. The number of para-hydroxylation sites is 2. The van der Waals surface area contributed by atoms with Crippen molar-refractivity contribution in [2.45, 2.75) is 31.4 Å². The summed E-state index contributed by atoms with van der Waals surface area (Å²) in [5, 5.41) is 13.6. The number of hydrogen-bond donors (Lipinski definition) is 2. The van der Waals surface area contributed by atoms with E-state index in [1.165, 1.54) is 11.1 Å². The normalized spacial score (nSPS) is 17.1. The van der Waals surface area contributed by atoms with Crippen LogP contribution >= 0.6 is 12.4 Å². The highest BCUT2D eigenvalue weighted by Crippen LogP contribution is 2.25. The van der Waals surface area contributed by atoms with Gasteiger partial charge in [0.25, 0.3) is 0 Å². The second-order valence-electron chi connectivity index (χ2n) is 6.23. The molecular formula is C20H26ClNO3. The molecule has 0 amide bonds. The van der Waals surface area contributed by atoms with E-state index in [0.717, 1.165) is 19.3 Å². The van der Waals surface area contributed by atoms with Crippen molar-refractivity contribution in [2.24, 2.45) is 0 Å². The molecule has 0 spiro atoms. The Morgan fingerprint density at radius 1 is 1.08 bits per heavy atom. The zero-order chi connectivity index (χ0) is 16.8. The number of benzene rings is 2. The summed E-state index contributed by atoms with van der Waals surface area (Å²) in [4.78, 5) is 0. The maximum absolute atomic E-state index is 10.2. The number of aryl methyl sites for hydroxylation is 1. The number of ether oxygens (including phenoxy) is 2. The van der Waals surface area contributed by atoms with E-state index in [1.54, 1.807) is 7.11 Å². The van der Waals surface area contributed by atoms with Crippen molar-refractivity contribution in [1.29, 1.82) is 0 Å². The van der Waals surface area contributed by atoms with Crippen LogP contribution in [0, 0.1) is 0 Å². The lowest BCUT2D eigenvalue weighted by Crippen LogP contribution is -2.40. The average molecular weight is 364 g/mol. The summed E-state index contributed by atoms with van der Waals surface area (Å²) >= 11 is 0. The average Bonchev–Trinajstić information content (AvgIpc) is 2.64. The molecule has 0 bridgehead atoms. The van der Waals surface area contributed by atoms with Gasteiger partial charge in [0.05, 0.1) is 7.11 Å². The molecule has 1 aliphatic carbocycles. The Kier molecular flexibility index (Phi) is 7.56. The summed E-state index contributed by atoms with van der Waals surface area (Å²) in [6, 6.07) is 16.5. The van der Waals surface area contributed by atoms with Crippen LogP contribution in [0.4, 0.5) is 0 Å². The van der Waals surface area contributed by atoms with Gasteiger partial charge in [-0.05, 0) is 42.5 Å². The molecule has 0 aromatic heterocycles. The summed E-state index contributed by atoms with van der Waals surface area (Å²) < 4.78 is 10.9. The summed E-state index contributed by atoms with van der Waals surface area (Å²) in [5.41, 5.74) is 2.87. The minimum Gasteiger partial charge on any atom is -0.493 e. The van der Waals surface area contributed by atoms with E-state index in [9.17, 15) is 5.11 Å². The van der Waals surface area contributed by atoms with E-state index in [1.807, 2.05) is 24.3 Å². The smallest absolute Gasteiger partial charge is 0.161 e. The number of hydrogen-bond acceptors (Lipinski definition) is 4. The monoisotopic (exact) mass is 363 g/mol. The lowest BCUT2D eigenvalue weighted by Gasteiger charge is -2.26. The van der Waals surface area contributed by atoms with Crippen molar-refractivity contribution in [3.8, 4) is 11.5 Å². The zero-order valence-corrected chi connectivity index (χ0v) is 15.3. The third kappa shape index (κ3) is 5.36. The lowest BCUT2D eigenvalue weighted by atomic mass is 9.88. The molecule has 0 fully saturated rings. The first kappa shape index (κ1) is 19.6. The summed E-state index contributed by atoms with van der Waals surface area (Å²) in [6.45, 7) is 0.776. The molecule has 2 aromatic carbocycles. The molecule has 0 radical (unpaired) electrons. The second-order valence-corrected chi connectivity index (χ2v) is 6.23. The maximum Gasteiger partial charge on any atom is 0.161 e. The predicted octanol–water partition coefficient (Wildman–Crippen LogP) is 3.00. The first-order valence-electron chi connectivity index (χ1n) is 8.50. The van der Waals surface area contributed by atoms with E-state index in [-0.39, 0.29) is 19.0 Å². The van der Waals surface area contributed by atoms with Gasteiger partial charge in [-0.1, -0.05) is 36.4 Å². The van der Waals surface area contributed by atoms with E-state index in [2.05, 4.69) is 29.6 Å². The number of methoxy groups -OCH3 is 1. The maximum atomic E-state index is 10.2. The fourth-order valence-corrected chi connectivity index (χ4v) is 3.16.